The number of likely N-dealkylation sites (tertiary alicyclic amines) is 1. The Balaban J connectivity index is 2.11. The zero-order valence-corrected chi connectivity index (χ0v) is 8.74. The second-order valence-electron chi connectivity index (χ2n) is 4.01. The minimum absolute atomic E-state index is 0.105. The molecule has 0 unspecified atom stereocenters. The molecule has 80 valence electrons. The van der Waals surface area contributed by atoms with Gasteiger partial charge in [-0.25, -0.2) is 4.39 Å². The number of rotatable bonds is 1. The summed E-state index contributed by atoms with van der Waals surface area (Å²) in [4.78, 5) is 13.0. The van der Waals surface area contributed by atoms with Crippen LogP contribution in [0.15, 0.2) is 24.3 Å². The average molecular weight is 207 g/mol. The molecule has 0 spiro atoms. The zero-order valence-electron chi connectivity index (χ0n) is 8.74. The van der Waals surface area contributed by atoms with E-state index >= 15 is 0 Å². The topological polar surface area (TPSA) is 20.3 Å². The van der Waals surface area contributed by atoms with Crippen LogP contribution in [0.1, 0.15) is 24.8 Å². The molecule has 2 nitrogen and oxygen atoms in total. The van der Waals surface area contributed by atoms with Crippen LogP contribution >= 0.6 is 0 Å². The first-order valence-corrected chi connectivity index (χ1v) is 5.18. The van der Waals surface area contributed by atoms with Crippen LogP contribution in [-0.4, -0.2) is 23.9 Å². The first-order chi connectivity index (χ1) is 7.16. The maximum atomic E-state index is 13.0. The van der Waals surface area contributed by atoms with E-state index in [2.05, 4.69) is 0 Å². The van der Waals surface area contributed by atoms with Crippen molar-refractivity contribution in [2.45, 2.75) is 19.3 Å². The Labute approximate surface area is 88.7 Å². The fraction of sp³-hybridized carbons (Fsp3) is 0.417. The van der Waals surface area contributed by atoms with Crippen LogP contribution in [0.3, 0.4) is 0 Å². The quantitative estimate of drug-likeness (QED) is 0.691. The van der Waals surface area contributed by atoms with Gasteiger partial charge in [0.15, 0.2) is 0 Å². The number of carbonyl (C=O) groups excluding carboxylic acids is 1. The second-order valence-corrected chi connectivity index (χ2v) is 4.01. The van der Waals surface area contributed by atoms with Crippen molar-refractivity contribution in [3.05, 3.63) is 35.6 Å². The van der Waals surface area contributed by atoms with Gasteiger partial charge < -0.3 is 4.90 Å². The third-order valence-electron chi connectivity index (χ3n) is 2.95. The summed E-state index contributed by atoms with van der Waals surface area (Å²) in [6.45, 7) is 3.09. The number of nitrogens with zero attached hydrogens (tertiary/aromatic N) is 1. The molecular weight excluding hydrogens is 193 g/mol. The summed E-state index contributed by atoms with van der Waals surface area (Å²) in [6, 6.07) is 6.66. The van der Waals surface area contributed by atoms with Crippen molar-refractivity contribution < 1.29 is 9.18 Å². The highest BCUT2D eigenvalue weighted by molar-refractivity contribution is 5.73. The Hall–Kier alpha value is -1.38. The smallest absolute Gasteiger partial charge is 0.219 e. The van der Waals surface area contributed by atoms with Gasteiger partial charge in [0.25, 0.3) is 0 Å². The Kier molecular flexibility index (Phi) is 2.71. The summed E-state index contributed by atoms with van der Waals surface area (Å²) in [7, 11) is 0. The van der Waals surface area contributed by atoms with Gasteiger partial charge in [-0.2, -0.15) is 0 Å². The van der Waals surface area contributed by atoms with E-state index in [4.69, 9.17) is 0 Å². The fourth-order valence-electron chi connectivity index (χ4n) is 2.08. The van der Waals surface area contributed by atoms with Gasteiger partial charge in [0.05, 0.1) is 0 Å². The lowest BCUT2D eigenvalue weighted by molar-refractivity contribution is -0.127. The van der Waals surface area contributed by atoms with Gasteiger partial charge in [-0.05, 0) is 24.1 Å². The van der Waals surface area contributed by atoms with Crippen molar-refractivity contribution in [2.24, 2.45) is 0 Å². The van der Waals surface area contributed by atoms with Crippen LogP contribution in [0, 0.1) is 5.82 Å². The van der Waals surface area contributed by atoms with Crippen molar-refractivity contribution in [3.63, 3.8) is 0 Å². The van der Waals surface area contributed by atoms with Crippen LogP contribution in [0.25, 0.3) is 0 Å². The molecule has 0 aliphatic carbocycles. The molecule has 1 amide bonds. The van der Waals surface area contributed by atoms with Gasteiger partial charge in [-0.3, -0.25) is 4.79 Å². The highest BCUT2D eigenvalue weighted by atomic mass is 19.1. The highest BCUT2D eigenvalue weighted by Gasteiger charge is 2.25. The van der Waals surface area contributed by atoms with Crippen LogP contribution in [-0.2, 0) is 4.79 Å². The first-order valence-electron chi connectivity index (χ1n) is 5.18. The summed E-state index contributed by atoms with van der Waals surface area (Å²) < 4.78 is 13.0. The Bertz CT molecular complexity index is 378. The largest absolute Gasteiger partial charge is 0.342 e. The molecule has 0 saturated carbocycles. The maximum absolute atomic E-state index is 13.0. The van der Waals surface area contributed by atoms with E-state index in [1.54, 1.807) is 19.1 Å². The van der Waals surface area contributed by atoms with E-state index < -0.39 is 0 Å². The van der Waals surface area contributed by atoms with E-state index in [1.165, 1.54) is 6.07 Å². The van der Waals surface area contributed by atoms with Crippen LogP contribution in [0.5, 0.6) is 0 Å². The predicted molar refractivity (Wildman–Crippen MR) is 56.0 cm³/mol. The van der Waals surface area contributed by atoms with Crippen LogP contribution in [0.2, 0.25) is 0 Å². The lowest BCUT2D eigenvalue weighted by atomic mass is 9.98. The Morgan fingerprint density at radius 3 is 2.93 bits per heavy atom. The van der Waals surface area contributed by atoms with Gasteiger partial charge in [-0.1, -0.05) is 12.1 Å². The molecule has 1 aromatic carbocycles. The van der Waals surface area contributed by atoms with E-state index in [-0.39, 0.29) is 11.7 Å². The fourth-order valence-corrected chi connectivity index (χ4v) is 2.08. The monoisotopic (exact) mass is 207 g/mol. The molecule has 1 aromatic rings. The van der Waals surface area contributed by atoms with Crippen LogP contribution < -0.4 is 0 Å². The summed E-state index contributed by atoms with van der Waals surface area (Å²) >= 11 is 0. The molecular formula is C12H14FNO. The normalized spacial score (nSPS) is 20.7. The molecule has 0 aromatic heterocycles. The van der Waals surface area contributed by atoms with E-state index in [0.717, 1.165) is 25.1 Å². The highest BCUT2D eigenvalue weighted by Crippen LogP contribution is 2.27. The minimum Gasteiger partial charge on any atom is -0.342 e. The lowest BCUT2D eigenvalue weighted by Crippen LogP contribution is -2.25. The SMILES string of the molecule is CC(=O)N1CC[C@@H](c2cccc(F)c2)C1. The summed E-state index contributed by atoms with van der Waals surface area (Å²) in [6.07, 6.45) is 0.934. The number of halogens is 1. The molecule has 2 rings (SSSR count). The molecule has 0 bridgehead atoms. The van der Waals surface area contributed by atoms with Gasteiger partial charge in [0.1, 0.15) is 5.82 Å². The van der Waals surface area contributed by atoms with Gasteiger partial charge >= 0.3 is 0 Å². The molecule has 1 atom stereocenters. The van der Waals surface area contributed by atoms with Crippen molar-refractivity contribution in [3.8, 4) is 0 Å². The molecule has 0 N–H and O–H groups in total. The van der Waals surface area contributed by atoms with Crippen molar-refractivity contribution in [1.29, 1.82) is 0 Å². The third-order valence-corrected chi connectivity index (χ3v) is 2.95. The maximum Gasteiger partial charge on any atom is 0.219 e. The zero-order chi connectivity index (χ0) is 10.8. The average Bonchev–Trinajstić information content (AvgIpc) is 2.66. The molecule has 3 heteroatoms. The van der Waals surface area contributed by atoms with E-state index in [9.17, 15) is 9.18 Å². The van der Waals surface area contributed by atoms with Gasteiger partial charge in [-0.15, -0.1) is 0 Å². The first kappa shape index (κ1) is 10.1. The van der Waals surface area contributed by atoms with Crippen molar-refractivity contribution >= 4 is 5.91 Å². The second kappa shape index (κ2) is 4.01. The van der Waals surface area contributed by atoms with Gasteiger partial charge in [0, 0.05) is 25.9 Å². The number of amides is 1. The number of hydrogen-bond acceptors (Lipinski definition) is 1. The van der Waals surface area contributed by atoms with Gasteiger partial charge in [0.2, 0.25) is 5.91 Å². The Morgan fingerprint density at radius 2 is 2.33 bits per heavy atom. The predicted octanol–water partition coefficient (Wildman–Crippen LogP) is 2.16. The molecule has 1 aliphatic heterocycles. The Morgan fingerprint density at radius 1 is 1.53 bits per heavy atom. The number of benzene rings is 1. The third kappa shape index (κ3) is 2.17. The summed E-state index contributed by atoms with van der Waals surface area (Å²) in [5.41, 5.74) is 0.999. The molecule has 1 aliphatic rings. The van der Waals surface area contributed by atoms with Crippen LogP contribution in [0.4, 0.5) is 4.39 Å². The summed E-state index contributed by atoms with van der Waals surface area (Å²) in [5, 5.41) is 0. The number of carbonyl (C=O) groups is 1. The van der Waals surface area contributed by atoms with E-state index in [1.807, 2.05) is 11.0 Å². The van der Waals surface area contributed by atoms with E-state index in [0.29, 0.717) is 5.92 Å². The minimum atomic E-state index is -0.200. The summed E-state index contributed by atoms with van der Waals surface area (Å²) in [5.74, 6) is 0.201. The molecule has 1 fully saturated rings. The standard InChI is InChI=1S/C12H14FNO/c1-9(15)14-6-5-11(8-14)10-3-2-4-12(13)7-10/h2-4,7,11H,5-6,8H2,1H3/t11-/m1/s1. The lowest BCUT2D eigenvalue weighted by Gasteiger charge is -2.14. The number of hydrogen-bond donors (Lipinski definition) is 0. The molecule has 0 radical (unpaired) electrons. The molecule has 1 saturated heterocycles. The van der Waals surface area contributed by atoms with Crippen molar-refractivity contribution in [2.75, 3.05) is 13.1 Å². The van der Waals surface area contributed by atoms with Crippen molar-refractivity contribution in [1.82, 2.24) is 4.90 Å². The molecule has 15 heavy (non-hydrogen) atoms. The molecule has 1 heterocycles.